The van der Waals surface area contributed by atoms with Crippen LogP contribution < -0.4 is 4.90 Å². The Morgan fingerprint density at radius 1 is 1.39 bits per heavy atom. The molecule has 0 N–H and O–H groups in total. The second-order valence-electron chi connectivity index (χ2n) is 4.22. The molecule has 0 unspecified atom stereocenters. The number of para-hydroxylation sites is 1. The SMILES string of the molecule is C=NOC(C)=O.CN1CCCCc2ccccc21. The van der Waals surface area contributed by atoms with E-state index in [-0.39, 0.29) is 0 Å². The summed E-state index contributed by atoms with van der Waals surface area (Å²) in [5, 5.41) is 2.84. The molecule has 0 aliphatic carbocycles. The van der Waals surface area contributed by atoms with Gasteiger partial charge in [-0.2, -0.15) is 0 Å². The van der Waals surface area contributed by atoms with Crippen LogP contribution in [-0.2, 0) is 16.1 Å². The van der Waals surface area contributed by atoms with Crippen LogP contribution in [0.5, 0.6) is 0 Å². The molecule has 0 aromatic heterocycles. The van der Waals surface area contributed by atoms with Gasteiger partial charge >= 0.3 is 5.97 Å². The van der Waals surface area contributed by atoms with Crippen LogP contribution in [0.25, 0.3) is 0 Å². The van der Waals surface area contributed by atoms with Crippen molar-refractivity contribution in [3.8, 4) is 0 Å². The van der Waals surface area contributed by atoms with Crippen LogP contribution in [0.1, 0.15) is 25.3 Å². The number of carbonyl (C=O) groups is 1. The molecular weight excluding hydrogens is 228 g/mol. The molecular formula is C14H20N2O2. The molecule has 1 aromatic rings. The molecule has 0 amide bonds. The molecule has 4 nitrogen and oxygen atoms in total. The molecule has 1 aliphatic rings. The third kappa shape index (κ3) is 4.57. The monoisotopic (exact) mass is 248 g/mol. The molecule has 1 heterocycles. The number of hydrogen-bond acceptors (Lipinski definition) is 4. The van der Waals surface area contributed by atoms with Gasteiger partial charge in [0.05, 0.1) is 0 Å². The molecule has 0 fully saturated rings. The zero-order valence-electron chi connectivity index (χ0n) is 11.1. The Morgan fingerprint density at radius 2 is 2.11 bits per heavy atom. The van der Waals surface area contributed by atoms with Gasteiger partial charge < -0.3 is 9.74 Å². The van der Waals surface area contributed by atoms with Crippen LogP contribution in [0.3, 0.4) is 0 Å². The Balaban J connectivity index is 0.000000232. The van der Waals surface area contributed by atoms with Gasteiger partial charge in [-0.1, -0.05) is 23.4 Å². The van der Waals surface area contributed by atoms with Crippen molar-refractivity contribution < 1.29 is 9.63 Å². The highest BCUT2D eigenvalue weighted by molar-refractivity contribution is 5.65. The fraction of sp³-hybridized carbons (Fsp3) is 0.429. The molecule has 4 heteroatoms. The van der Waals surface area contributed by atoms with Crippen molar-refractivity contribution in [3.63, 3.8) is 0 Å². The van der Waals surface area contributed by atoms with Crippen LogP contribution in [0.15, 0.2) is 29.4 Å². The minimum atomic E-state index is -0.440. The summed E-state index contributed by atoms with van der Waals surface area (Å²) in [6, 6.07) is 8.73. The molecule has 1 aromatic carbocycles. The molecule has 18 heavy (non-hydrogen) atoms. The van der Waals surface area contributed by atoms with E-state index in [1.54, 1.807) is 0 Å². The molecule has 0 atom stereocenters. The van der Waals surface area contributed by atoms with E-state index in [0.29, 0.717) is 0 Å². The molecule has 0 saturated carbocycles. The summed E-state index contributed by atoms with van der Waals surface area (Å²) < 4.78 is 0. The number of oxime groups is 1. The average molecular weight is 248 g/mol. The lowest BCUT2D eigenvalue weighted by Crippen LogP contribution is -2.17. The van der Waals surface area contributed by atoms with Gasteiger partial charge in [0, 0.05) is 32.9 Å². The Hall–Kier alpha value is -1.84. The minimum Gasteiger partial charge on any atom is -0.374 e. The van der Waals surface area contributed by atoms with E-state index in [1.165, 1.54) is 44.0 Å². The largest absolute Gasteiger partial charge is 0.374 e. The number of aryl methyl sites for hydroxylation is 1. The van der Waals surface area contributed by atoms with Crippen LogP contribution >= 0.6 is 0 Å². The zero-order chi connectivity index (χ0) is 13.4. The third-order valence-electron chi connectivity index (χ3n) is 2.79. The summed E-state index contributed by atoms with van der Waals surface area (Å²) in [4.78, 5) is 16.0. The fourth-order valence-corrected chi connectivity index (χ4v) is 1.97. The summed E-state index contributed by atoms with van der Waals surface area (Å²) in [6.45, 7) is 5.37. The van der Waals surface area contributed by atoms with Crippen molar-refractivity contribution in [1.29, 1.82) is 0 Å². The van der Waals surface area contributed by atoms with Crippen molar-refractivity contribution in [1.82, 2.24) is 0 Å². The van der Waals surface area contributed by atoms with Gasteiger partial charge in [-0.15, -0.1) is 0 Å². The maximum atomic E-state index is 9.69. The highest BCUT2D eigenvalue weighted by Gasteiger charge is 2.09. The summed E-state index contributed by atoms with van der Waals surface area (Å²) in [5.41, 5.74) is 2.94. The summed E-state index contributed by atoms with van der Waals surface area (Å²) in [7, 11) is 2.18. The Labute approximate surface area is 108 Å². The molecule has 1 aliphatic heterocycles. The maximum absolute atomic E-state index is 9.69. The predicted molar refractivity (Wildman–Crippen MR) is 74.0 cm³/mol. The molecule has 0 spiro atoms. The third-order valence-corrected chi connectivity index (χ3v) is 2.79. The number of fused-ring (bicyclic) bond motifs is 1. The smallest absolute Gasteiger partial charge is 0.331 e. The van der Waals surface area contributed by atoms with Crippen LogP contribution in [-0.4, -0.2) is 26.3 Å². The first-order valence-electron chi connectivity index (χ1n) is 6.08. The summed E-state index contributed by atoms with van der Waals surface area (Å²) in [6.07, 6.45) is 3.91. The summed E-state index contributed by atoms with van der Waals surface area (Å²) >= 11 is 0. The zero-order valence-corrected chi connectivity index (χ0v) is 11.1. The van der Waals surface area contributed by atoms with E-state index >= 15 is 0 Å². The van der Waals surface area contributed by atoms with Gasteiger partial charge in [0.1, 0.15) is 0 Å². The van der Waals surface area contributed by atoms with E-state index in [0.717, 1.165) is 0 Å². The lowest BCUT2D eigenvalue weighted by atomic mass is 10.1. The molecule has 0 bridgehead atoms. The molecule has 2 rings (SSSR count). The predicted octanol–water partition coefficient (Wildman–Crippen LogP) is 2.62. The number of hydrogen-bond donors (Lipinski definition) is 0. The number of nitrogens with zero attached hydrogens (tertiary/aromatic N) is 2. The number of rotatable bonds is 1. The van der Waals surface area contributed by atoms with Crippen molar-refractivity contribution in [3.05, 3.63) is 29.8 Å². The van der Waals surface area contributed by atoms with E-state index in [2.05, 4.69) is 52.9 Å². The summed E-state index contributed by atoms with van der Waals surface area (Å²) in [5.74, 6) is -0.440. The van der Waals surface area contributed by atoms with Crippen LogP contribution in [0.4, 0.5) is 5.69 Å². The van der Waals surface area contributed by atoms with Crippen molar-refractivity contribution >= 4 is 18.4 Å². The Morgan fingerprint density at radius 3 is 2.72 bits per heavy atom. The normalized spacial score (nSPS) is 13.6. The number of benzene rings is 1. The quantitative estimate of drug-likeness (QED) is 0.436. The van der Waals surface area contributed by atoms with E-state index in [4.69, 9.17) is 0 Å². The van der Waals surface area contributed by atoms with Crippen molar-refractivity contribution in [2.24, 2.45) is 5.16 Å². The van der Waals surface area contributed by atoms with Gasteiger partial charge in [-0.05, 0) is 30.9 Å². The number of anilines is 1. The molecule has 0 saturated heterocycles. The standard InChI is InChI=1S/C11H15N.C3H5NO2/c1-12-9-5-4-7-10-6-2-3-8-11(10)12;1-3(5)6-4-2/h2-3,6,8H,4-5,7,9H2,1H3;2H2,1H3. The van der Waals surface area contributed by atoms with Crippen molar-refractivity contribution in [2.75, 3.05) is 18.5 Å². The Bertz CT molecular complexity index is 405. The highest BCUT2D eigenvalue weighted by Crippen LogP contribution is 2.24. The average Bonchev–Trinajstić information content (AvgIpc) is 2.53. The first-order valence-corrected chi connectivity index (χ1v) is 6.08. The molecule has 0 radical (unpaired) electrons. The second-order valence-corrected chi connectivity index (χ2v) is 4.22. The van der Waals surface area contributed by atoms with Gasteiger partial charge in [0.15, 0.2) is 0 Å². The maximum Gasteiger partial charge on any atom is 0.331 e. The first kappa shape index (κ1) is 14.2. The van der Waals surface area contributed by atoms with Crippen LogP contribution in [0.2, 0.25) is 0 Å². The highest BCUT2D eigenvalue weighted by atomic mass is 16.7. The van der Waals surface area contributed by atoms with Gasteiger partial charge in [0.2, 0.25) is 0 Å². The molecule has 98 valence electrons. The van der Waals surface area contributed by atoms with E-state index < -0.39 is 5.97 Å². The van der Waals surface area contributed by atoms with Gasteiger partial charge in [-0.3, -0.25) is 0 Å². The van der Waals surface area contributed by atoms with Crippen LogP contribution in [0, 0.1) is 0 Å². The second kappa shape index (κ2) is 7.48. The lowest BCUT2D eigenvalue weighted by molar-refractivity contribution is -0.140. The number of carbonyl (C=O) groups excluding carboxylic acids is 1. The van der Waals surface area contributed by atoms with Gasteiger partial charge in [0.25, 0.3) is 0 Å². The Kier molecular flexibility index (Phi) is 5.91. The van der Waals surface area contributed by atoms with Gasteiger partial charge in [-0.25, -0.2) is 4.79 Å². The lowest BCUT2D eigenvalue weighted by Gasteiger charge is -2.18. The van der Waals surface area contributed by atoms with E-state index in [1.807, 2.05) is 0 Å². The fourth-order valence-electron chi connectivity index (χ4n) is 1.97. The minimum absolute atomic E-state index is 0.440. The topological polar surface area (TPSA) is 41.9 Å². The first-order chi connectivity index (χ1) is 8.65. The van der Waals surface area contributed by atoms with Crippen molar-refractivity contribution in [2.45, 2.75) is 26.2 Å². The van der Waals surface area contributed by atoms with E-state index in [9.17, 15) is 4.79 Å².